The summed E-state index contributed by atoms with van der Waals surface area (Å²) in [7, 11) is 0. The van der Waals surface area contributed by atoms with Gasteiger partial charge in [-0.15, -0.1) is 0 Å². The Labute approximate surface area is 145 Å². The highest BCUT2D eigenvalue weighted by atomic mass is 19.4. The molecule has 2 rings (SSSR count). The molecule has 0 saturated carbocycles. The van der Waals surface area contributed by atoms with E-state index < -0.39 is 36.1 Å². The van der Waals surface area contributed by atoms with E-state index in [4.69, 9.17) is 5.11 Å². The number of benzene rings is 1. The number of carboxylic acids is 1. The van der Waals surface area contributed by atoms with Crippen molar-refractivity contribution in [3.05, 3.63) is 29.8 Å². The quantitative estimate of drug-likeness (QED) is 0.756. The standard InChI is InChI=1S/C16H17F6NO3/c17-14(15(18,19)20)16(21,22)26-12-5-3-10(4-6-12)8-23-7-1-2-11(9-23)13(24)25/h3-6,11,14H,1-2,7-9H2,(H,24,25). The van der Waals surface area contributed by atoms with E-state index in [1.165, 1.54) is 12.1 Å². The van der Waals surface area contributed by atoms with Gasteiger partial charge in [-0.25, -0.2) is 4.39 Å². The molecule has 1 heterocycles. The summed E-state index contributed by atoms with van der Waals surface area (Å²) in [5.41, 5.74) is 0.638. The van der Waals surface area contributed by atoms with Gasteiger partial charge in [0.25, 0.3) is 6.17 Å². The topological polar surface area (TPSA) is 49.8 Å². The number of aliphatic carboxylic acids is 1. The fourth-order valence-corrected chi connectivity index (χ4v) is 2.72. The van der Waals surface area contributed by atoms with Crippen molar-refractivity contribution in [1.82, 2.24) is 4.90 Å². The zero-order valence-electron chi connectivity index (χ0n) is 13.5. The second-order valence-electron chi connectivity index (χ2n) is 6.12. The molecule has 0 radical (unpaired) electrons. The van der Waals surface area contributed by atoms with E-state index in [2.05, 4.69) is 4.74 Å². The Kier molecular flexibility index (Phi) is 6.05. The molecule has 2 unspecified atom stereocenters. The molecule has 26 heavy (non-hydrogen) atoms. The summed E-state index contributed by atoms with van der Waals surface area (Å²) in [6.07, 6.45) is -13.9. The lowest BCUT2D eigenvalue weighted by molar-refractivity contribution is -0.304. The van der Waals surface area contributed by atoms with Crippen molar-refractivity contribution in [2.24, 2.45) is 5.92 Å². The summed E-state index contributed by atoms with van der Waals surface area (Å²) in [4.78, 5) is 12.9. The largest absolute Gasteiger partial charge is 0.481 e. The Morgan fingerprint density at radius 3 is 2.38 bits per heavy atom. The molecule has 1 aromatic carbocycles. The third-order valence-corrected chi connectivity index (χ3v) is 4.02. The van der Waals surface area contributed by atoms with Gasteiger partial charge in [0.15, 0.2) is 0 Å². The van der Waals surface area contributed by atoms with Gasteiger partial charge < -0.3 is 9.84 Å². The minimum absolute atomic E-state index is 0.348. The average Bonchev–Trinajstić information content (AvgIpc) is 2.55. The molecule has 4 nitrogen and oxygen atoms in total. The highest BCUT2D eigenvalue weighted by molar-refractivity contribution is 5.70. The number of hydrogen-bond acceptors (Lipinski definition) is 3. The molecule has 0 spiro atoms. The van der Waals surface area contributed by atoms with E-state index in [9.17, 15) is 31.1 Å². The normalized spacial score (nSPS) is 20.6. The van der Waals surface area contributed by atoms with Crippen molar-refractivity contribution in [1.29, 1.82) is 0 Å². The van der Waals surface area contributed by atoms with E-state index in [1.807, 2.05) is 4.90 Å². The highest BCUT2D eigenvalue weighted by Crippen LogP contribution is 2.36. The van der Waals surface area contributed by atoms with Crippen molar-refractivity contribution in [2.75, 3.05) is 13.1 Å². The fourth-order valence-electron chi connectivity index (χ4n) is 2.72. The van der Waals surface area contributed by atoms with Crippen LogP contribution in [0.3, 0.4) is 0 Å². The number of likely N-dealkylation sites (tertiary alicyclic amines) is 1. The van der Waals surface area contributed by atoms with E-state index in [0.717, 1.165) is 12.1 Å². The zero-order chi connectivity index (χ0) is 19.5. The molecule has 0 amide bonds. The summed E-state index contributed by atoms with van der Waals surface area (Å²) in [6, 6.07) is 4.75. The first kappa shape index (κ1) is 20.3. The van der Waals surface area contributed by atoms with Crippen LogP contribution in [0.25, 0.3) is 0 Å². The summed E-state index contributed by atoms with van der Waals surface area (Å²) < 4.78 is 79.3. The Balaban J connectivity index is 1.97. The van der Waals surface area contributed by atoms with Crippen LogP contribution >= 0.6 is 0 Å². The number of rotatable bonds is 6. The summed E-state index contributed by atoms with van der Waals surface area (Å²) in [6.45, 7) is 1.38. The molecule has 0 bridgehead atoms. The van der Waals surface area contributed by atoms with Crippen LogP contribution in [0.2, 0.25) is 0 Å². The molecule has 10 heteroatoms. The van der Waals surface area contributed by atoms with Gasteiger partial charge in [0.1, 0.15) is 5.75 Å². The number of carbonyl (C=O) groups is 1. The third-order valence-electron chi connectivity index (χ3n) is 4.02. The number of nitrogens with zero attached hydrogens (tertiary/aromatic N) is 1. The van der Waals surface area contributed by atoms with Gasteiger partial charge in [-0.05, 0) is 37.1 Å². The minimum atomic E-state index is -5.74. The van der Waals surface area contributed by atoms with Gasteiger partial charge >= 0.3 is 18.3 Å². The molecular weight excluding hydrogens is 368 g/mol. The maximum Gasteiger partial charge on any atom is 0.439 e. The lowest BCUT2D eigenvalue weighted by atomic mass is 9.98. The van der Waals surface area contributed by atoms with Gasteiger partial charge in [0.2, 0.25) is 0 Å². The van der Waals surface area contributed by atoms with Gasteiger partial charge in [0.05, 0.1) is 5.92 Å². The maximum atomic E-state index is 13.2. The molecule has 2 atom stereocenters. The van der Waals surface area contributed by atoms with E-state index in [0.29, 0.717) is 38.0 Å². The van der Waals surface area contributed by atoms with Crippen LogP contribution in [0.5, 0.6) is 5.75 Å². The number of carboxylic acid groups (broad SMARTS) is 1. The predicted octanol–water partition coefficient (Wildman–Crippen LogP) is 3.86. The maximum absolute atomic E-state index is 13.2. The molecule has 1 N–H and O–H groups in total. The fraction of sp³-hybridized carbons (Fsp3) is 0.562. The van der Waals surface area contributed by atoms with Crippen molar-refractivity contribution in [2.45, 2.75) is 37.8 Å². The predicted molar refractivity (Wildman–Crippen MR) is 78.6 cm³/mol. The van der Waals surface area contributed by atoms with Gasteiger partial charge in [0, 0.05) is 13.1 Å². The molecule has 0 aliphatic carbocycles. The van der Waals surface area contributed by atoms with Crippen LogP contribution in [-0.2, 0) is 11.3 Å². The number of piperidine rings is 1. The lowest BCUT2D eigenvalue weighted by Crippen LogP contribution is -2.45. The summed E-state index contributed by atoms with van der Waals surface area (Å²) >= 11 is 0. The number of alkyl halides is 6. The third kappa shape index (κ3) is 5.26. The van der Waals surface area contributed by atoms with Crippen molar-refractivity contribution in [3.63, 3.8) is 0 Å². The smallest absolute Gasteiger partial charge is 0.439 e. The SMILES string of the molecule is O=C(O)C1CCCN(Cc2ccc(OC(F)(F)C(F)C(F)(F)F)cc2)C1. The lowest BCUT2D eigenvalue weighted by Gasteiger charge is -2.30. The Bertz CT molecular complexity index is 619. The van der Waals surface area contributed by atoms with Crippen LogP contribution in [-0.4, -0.2) is 47.5 Å². The van der Waals surface area contributed by atoms with Crippen LogP contribution in [0.4, 0.5) is 26.3 Å². The molecule has 0 aromatic heterocycles. The Hall–Kier alpha value is -1.97. The first-order chi connectivity index (χ1) is 12.0. The van der Waals surface area contributed by atoms with E-state index in [-0.39, 0.29) is 0 Å². The highest BCUT2D eigenvalue weighted by Gasteiger charge is 2.59. The van der Waals surface area contributed by atoms with Gasteiger partial charge in [-0.1, -0.05) is 12.1 Å². The molecule has 1 aliphatic heterocycles. The summed E-state index contributed by atoms with van der Waals surface area (Å²) in [5.74, 6) is -1.97. The molecule has 1 aromatic rings. The number of halogens is 6. The zero-order valence-corrected chi connectivity index (χ0v) is 13.5. The van der Waals surface area contributed by atoms with Crippen LogP contribution in [0.1, 0.15) is 18.4 Å². The Morgan fingerprint density at radius 1 is 1.23 bits per heavy atom. The van der Waals surface area contributed by atoms with E-state index >= 15 is 0 Å². The minimum Gasteiger partial charge on any atom is -0.481 e. The van der Waals surface area contributed by atoms with Crippen LogP contribution < -0.4 is 4.74 Å². The monoisotopic (exact) mass is 385 g/mol. The number of ether oxygens (including phenoxy) is 1. The van der Waals surface area contributed by atoms with Crippen molar-refractivity contribution in [3.8, 4) is 5.75 Å². The Morgan fingerprint density at radius 2 is 1.85 bits per heavy atom. The first-order valence-corrected chi connectivity index (χ1v) is 7.81. The molecule has 1 saturated heterocycles. The van der Waals surface area contributed by atoms with E-state index in [1.54, 1.807) is 0 Å². The first-order valence-electron chi connectivity index (χ1n) is 7.81. The van der Waals surface area contributed by atoms with Crippen LogP contribution in [0.15, 0.2) is 24.3 Å². The van der Waals surface area contributed by atoms with Crippen molar-refractivity contribution < 1.29 is 41.0 Å². The van der Waals surface area contributed by atoms with Gasteiger partial charge in [-0.2, -0.15) is 22.0 Å². The van der Waals surface area contributed by atoms with Crippen molar-refractivity contribution >= 4 is 5.97 Å². The molecule has 1 aliphatic rings. The molecular formula is C16H17F6NO3. The van der Waals surface area contributed by atoms with Gasteiger partial charge in [-0.3, -0.25) is 9.69 Å². The summed E-state index contributed by atoms with van der Waals surface area (Å²) in [5, 5.41) is 9.04. The van der Waals surface area contributed by atoms with Crippen LogP contribution in [0, 0.1) is 5.92 Å². The average molecular weight is 385 g/mol. The second kappa shape index (κ2) is 7.73. The number of hydrogen-bond donors (Lipinski definition) is 1. The second-order valence-corrected chi connectivity index (χ2v) is 6.12. The molecule has 1 fully saturated rings. The molecule has 146 valence electrons.